The molecule has 0 saturated carbocycles. The van der Waals surface area contributed by atoms with Gasteiger partial charge in [0, 0.05) is 5.57 Å². The second kappa shape index (κ2) is 21.7. The van der Waals surface area contributed by atoms with Gasteiger partial charge in [-0.15, -0.1) is 0 Å². The van der Waals surface area contributed by atoms with Crippen LogP contribution in [0, 0.1) is 0 Å². The molecule has 7 heteroatoms. The number of esters is 1. The van der Waals surface area contributed by atoms with Gasteiger partial charge in [-0.1, -0.05) is 103 Å². The number of unbranched alkanes of at least 4 members (excludes halogenated alkanes) is 13. The van der Waals surface area contributed by atoms with Gasteiger partial charge in [-0.05, 0) is 70.8 Å². The molecular formula is C37H66O7. The van der Waals surface area contributed by atoms with Crippen LogP contribution in [0.2, 0.25) is 0 Å². The number of cyclic esters (lactones) is 1. The fourth-order valence-electron chi connectivity index (χ4n) is 7.25. The second-order valence-corrected chi connectivity index (χ2v) is 14.0. The Morgan fingerprint density at radius 2 is 1.11 bits per heavy atom. The Balaban J connectivity index is 1.11. The number of hydrogen-bond donors (Lipinski definition) is 3. The van der Waals surface area contributed by atoms with Crippen LogP contribution in [0.3, 0.4) is 0 Å². The second-order valence-electron chi connectivity index (χ2n) is 14.0. The first kappa shape index (κ1) is 37.5. The van der Waals surface area contributed by atoms with Crippen molar-refractivity contribution in [3.63, 3.8) is 0 Å². The van der Waals surface area contributed by atoms with E-state index in [-0.39, 0.29) is 48.7 Å². The van der Waals surface area contributed by atoms with E-state index in [1.54, 1.807) is 0 Å². The Kier molecular flexibility index (Phi) is 18.5. The molecule has 0 unspecified atom stereocenters. The molecule has 0 aromatic rings. The third-order valence-corrected chi connectivity index (χ3v) is 10.1. The average molecular weight is 623 g/mol. The standard InChI is InChI=1S/C37H66O7/c1-3-4-5-6-13-16-19-31(39)33-23-25-35(43-33)36-26-24-34(44-36)32(40)20-17-14-11-9-7-8-10-12-15-18-30(38)22-21-29-27-28(2)42-37(29)41/h27-28,30-36,38-40H,3-26H2,1-2H3/t28-,30+,31-,32+,33+,34+,35+,36+/m0/s1. The van der Waals surface area contributed by atoms with Crippen molar-refractivity contribution in [1.82, 2.24) is 0 Å². The van der Waals surface area contributed by atoms with E-state index in [1.807, 2.05) is 13.0 Å². The summed E-state index contributed by atoms with van der Waals surface area (Å²) in [5.41, 5.74) is 0.713. The summed E-state index contributed by atoms with van der Waals surface area (Å²) in [6.07, 6.45) is 26.0. The lowest BCUT2D eigenvalue weighted by Gasteiger charge is -2.24. The first-order valence-electron chi connectivity index (χ1n) is 18.6. The Morgan fingerprint density at radius 3 is 1.57 bits per heavy atom. The summed E-state index contributed by atoms with van der Waals surface area (Å²) in [6, 6.07) is 0. The van der Waals surface area contributed by atoms with E-state index < -0.39 is 6.10 Å². The van der Waals surface area contributed by atoms with E-state index in [1.165, 1.54) is 64.2 Å². The Bertz CT molecular complexity index is 801. The summed E-state index contributed by atoms with van der Waals surface area (Å²) in [6.45, 7) is 4.10. The van der Waals surface area contributed by atoms with Crippen LogP contribution >= 0.6 is 0 Å². The third kappa shape index (κ3) is 14.2. The number of aliphatic hydroxyl groups excluding tert-OH is 3. The smallest absolute Gasteiger partial charge is 0.334 e. The maximum atomic E-state index is 11.6. The van der Waals surface area contributed by atoms with Gasteiger partial charge in [0.1, 0.15) is 6.10 Å². The minimum Gasteiger partial charge on any atom is -0.455 e. The van der Waals surface area contributed by atoms with Crippen molar-refractivity contribution in [2.24, 2.45) is 0 Å². The van der Waals surface area contributed by atoms with E-state index >= 15 is 0 Å². The van der Waals surface area contributed by atoms with Crippen molar-refractivity contribution in [2.75, 3.05) is 0 Å². The molecule has 7 nitrogen and oxygen atoms in total. The highest BCUT2D eigenvalue weighted by Crippen LogP contribution is 2.34. The van der Waals surface area contributed by atoms with Crippen LogP contribution in [0.15, 0.2) is 11.6 Å². The van der Waals surface area contributed by atoms with Gasteiger partial charge in [-0.2, -0.15) is 0 Å². The summed E-state index contributed by atoms with van der Waals surface area (Å²) in [5, 5.41) is 31.6. The van der Waals surface area contributed by atoms with E-state index in [4.69, 9.17) is 14.2 Å². The van der Waals surface area contributed by atoms with Gasteiger partial charge in [-0.25, -0.2) is 4.79 Å². The number of rotatable bonds is 25. The SMILES string of the molecule is CCCCCCCC[C@H](O)[C@H]1CC[C@H]([C@H]2CC[C@H]([C@H](O)CCCCCCCCCCC[C@@H](O)CCC3=C[C@H](C)OC3=O)O2)O1. The molecule has 3 N–H and O–H groups in total. The van der Waals surface area contributed by atoms with E-state index in [0.717, 1.165) is 77.0 Å². The Morgan fingerprint density at radius 1 is 0.659 bits per heavy atom. The molecule has 0 amide bonds. The summed E-state index contributed by atoms with van der Waals surface area (Å²) >= 11 is 0. The molecule has 3 aliphatic heterocycles. The van der Waals surface area contributed by atoms with Crippen molar-refractivity contribution in [3.05, 3.63) is 11.6 Å². The number of carbonyl (C=O) groups excluding carboxylic acids is 1. The first-order chi connectivity index (χ1) is 21.4. The van der Waals surface area contributed by atoms with Crippen LogP contribution in [0.5, 0.6) is 0 Å². The topological polar surface area (TPSA) is 105 Å². The van der Waals surface area contributed by atoms with Crippen molar-refractivity contribution < 1.29 is 34.3 Å². The Labute approximate surface area is 268 Å². The third-order valence-electron chi connectivity index (χ3n) is 10.1. The lowest BCUT2D eigenvalue weighted by atomic mass is 10.00. The van der Waals surface area contributed by atoms with Crippen molar-refractivity contribution >= 4 is 5.97 Å². The van der Waals surface area contributed by atoms with Crippen molar-refractivity contribution in [1.29, 1.82) is 0 Å². The van der Waals surface area contributed by atoms with Gasteiger partial charge >= 0.3 is 5.97 Å². The number of ether oxygens (including phenoxy) is 3. The molecule has 2 fully saturated rings. The summed E-state index contributed by atoms with van der Waals surface area (Å²) in [7, 11) is 0. The van der Waals surface area contributed by atoms with Gasteiger partial charge in [0.15, 0.2) is 0 Å². The predicted octanol–water partition coefficient (Wildman–Crippen LogP) is 7.86. The molecule has 2 saturated heterocycles. The molecule has 0 aromatic heterocycles. The number of aliphatic hydroxyl groups is 3. The maximum absolute atomic E-state index is 11.6. The lowest BCUT2D eigenvalue weighted by molar-refractivity contribution is -0.139. The molecule has 8 atom stereocenters. The average Bonchev–Trinajstić information content (AvgIpc) is 3.76. The molecule has 0 spiro atoms. The van der Waals surface area contributed by atoms with Gasteiger partial charge in [0.25, 0.3) is 0 Å². The molecule has 44 heavy (non-hydrogen) atoms. The normalized spacial score (nSPS) is 27.4. The molecule has 0 bridgehead atoms. The summed E-state index contributed by atoms with van der Waals surface area (Å²) in [4.78, 5) is 11.6. The first-order valence-corrected chi connectivity index (χ1v) is 18.6. The minimum atomic E-state index is -0.391. The van der Waals surface area contributed by atoms with E-state index in [0.29, 0.717) is 18.4 Å². The molecular weight excluding hydrogens is 556 g/mol. The molecule has 3 rings (SSSR count). The van der Waals surface area contributed by atoms with Crippen LogP contribution in [0.25, 0.3) is 0 Å². The zero-order valence-corrected chi connectivity index (χ0v) is 28.1. The van der Waals surface area contributed by atoms with Crippen LogP contribution in [-0.4, -0.2) is 70.1 Å². The zero-order chi connectivity index (χ0) is 31.6. The monoisotopic (exact) mass is 622 g/mol. The summed E-state index contributed by atoms with van der Waals surface area (Å²) < 4.78 is 17.6. The van der Waals surface area contributed by atoms with E-state index in [2.05, 4.69) is 6.92 Å². The van der Waals surface area contributed by atoms with Crippen LogP contribution in [-0.2, 0) is 19.0 Å². The number of carbonyl (C=O) groups is 1. The Hall–Kier alpha value is -0.990. The molecule has 256 valence electrons. The van der Waals surface area contributed by atoms with Gasteiger partial charge in [-0.3, -0.25) is 0 Å². The highest BCUT2D eigenvalue weighted by atomic mass is 16.6. The fraction of sp³-hybridized carbons (Fsp3) is 0.919. The highest BCUT2D eigenvalue weighted by molar-refractivity contribution is 5.90. The predicted molar refractivity (Wildman–Crippen MR) is 175 cm³/mol. The van der Waals surface area contributed by atoms with Crippen molar-refractivity contribution in [2.45, 2.75) is 217 Å². The maximum Gasteiger partial charge on any atom is 0.334 e. The summed E-state index contributed by atoms with van der Waals surface area (Å²) in [5.74, 6) is -0.225. The molecule has 0 radical (unpaired) electrons. The molecule has 0 aliphatic carbocycles. The lowest BCUT2D eigenvalue weighted by Crippen LogP contribution is -2.33. The quantitative estimate of drug-likeness (QED) is 0.0703. The highest BCUT2D eigenvalue weighted by Gasteiger charge is 2.40. The van der Waals surface area contributed by atoms with Crippen LogP contribution < -0.4 is 0 Å². The molecule has 0 aromatic carbocycles. The zero-order valence-electron chi connectivity index (χ0n) is 28.1. The minimum absolute atomic E-state index is 0.0558. The largest absolute Gasteiger partial charge is 0.455 e. The molecule has 3 heterocycles. The van der Waals surface area contributed by atoms with Gasteiger partial charge < -0.3 is 29.5 Å². The number of hydrogen-bond acceptors (Lipinski definition) is 7. The fourth-order valence-corrected chi connectivity index (χ4v) is 7.25. The molecule has 3 aliphatic rings. The van der Waals surface area contributed by atoms with E-state index in [9.17, 15) is 20.1 Å². The van der Waals surface area contributed by atoms with Gasteiger partial charge in [0.05, 0.1) is 42.7 Å². The van der Waals surface area contributed by atoms with Crippen LogP contribution in [0.1, 0.15) is 168 Å². The van der Waals surface area contributed by atoms with Crippen molar-refractivity contribution in [3.8, 4) is 0 Å². The van der Waals surface area contributed by atoms with Crippen LogP contribution in [0.4, 0.5) is 0 Å². The van der Waals surface area contributed by atoms with Gasteiger partial charge in [0.2, 0.25) is 0 Å².